The summed E-state index contributed by atoms with van der Waals surface area (Å²) in [7, 11) is 0. The molecule has 0 aliphatic rings. The quantitative estimate of drug-likeness (QED) is 0.668. The normalized spacial score (nSPS) is 12.9. The first kappa shape index (κ1) is 10.6. The smallest absolute Gasteiger partial charge is 0.00810 e. The lowest BCUT2D eigenvalue weighted by molar-refractivity contribution is 0.906. The molecule has 0 aliphatic carbocycles. The fraction of sp³-hybridized carbons (Fsp3) is 0.286. The SMILES string of the molecule is CCC(C)Sc1ccc2ccccc2c1. The summed E-state index contributed by atoms with van der Waals surface area (Å²) in [6, 6.07) is 15.2. The van der Waals surface area contributed by atoms with Crippen LogP contribution in [0.3, 0.4) is 0 Å². The van der Waals surface area contributed by atoms with Crippen LogP contribution in [0.15, 0.2) is 47.4 Å². The van der Waals surface area contributed by atoms with Gasteiger partial charge in [-0.15, -0.1) is 11.8 Å². The van der Waals surface area contributed by atoms with Crippen molar-refractivity contribution in [2.45, 2.75) is 30.4 Å². The average Bonchev–Trinajstić information content (AvgIpc) is 2.29. The van der Waals surface area contributed by atoms with E-state index in [0.717, 1.165) is 0 Å². The molecule has 0 amide bonds. The van der Waals surface area contributed by atoms with Gasteiger partial charge < -0.3 is 0 Å². The molecule has 1 unspecified atom stereocenters. The Kier molecular flexibility index (Phi) is 3.32. The van der Waals surface area contributed by atoms with E-state index in [2.05, 4.69) is 56.3 Å². The van der Waals surface area contributed by atoms with Crippen molar-refractivity contribution < 1.29 is 0 Å². The van der Waals surface area contributed by atoms with Crippen molar-refractivity contribution in [3.8, 4) is 0 Å². The van der Waals surface area contributed by atoms with Gasteiger partial charge in [0.15, 0.2) is 0 Å². The second-order valence-corrected chi connectivity index (χ2v) is 5.36. The number of hydrogen-bond donors (Lipinski definition) is 0. The lowest BCUT2D eigenvalue weighted by Crippen LogP contribution is -1.91. The molecule has 0 heterocycles. The van der Waals surface area contributed by atoms with Gasteiger partial charge in [0.05, 0.1) is 0 Å². The van der Waals surface area contributed by atoms with Crippen molar-refractivity contribution >= 4 is 22.5 Å². The van der Waals surface area contributed by atoms with Crippen molar-refractivity contribution in [2.24, 2.45) is 0 Å². The van der Waals surface area contributed by atoms with Gasteiger partial charge in [-0.1, -0.05) is 44.2 Å². The lowest BCUT2D eigenvalue weighted by atomic mass is 10.1. The molecule has 0 radical (unpaired) electrons. The largest absolute Gasteiger partial charge is 0.123 e. The average molecular weight is 216 g/mol. The Hall–Kier alpha value is -0.950. The minimum atomic E-state index is 0.700. The van der Waals surface area contributed by atoms with Crippen LogP contribution in [-0.4, -0.2) is 5.25 Å². The lowest BCUT2D eigenvalue weighted by Gasteiger charge is -2.08. The third-order valence-electron chi connectivity index (χ3n) is 2.63. The zero-order chi connectivity index (χ0) is 10.7. The number of rotatable bonds is 3. The molecule has 1 heteroatoms. The number of benzene rings is 2. The van der Waals surface area contributed by atoms with E-state index in [1.54, 1.807) is 0 Å². The van der Waals surface area contributed by atoms with Gasteiger partial charge in [0.25, 0.3) is 0 Å². The summed E-state index contributed by atoms with van der Waals surface area (Å²) in [6.07, 6.45) is 1.22. The molecule has 78 valence electrons. The Balaban J connectivity index is 2.30. The molecule has 0 aromatic heterocycles. The van der Waals surface area contributed by atoms with Gasteiger partial charge in [-0.3, -0.25) is 0 Å². The maximum absolute atomic E-state index is 2.28. The second kappa shape index (κ2) is 4.71. The summed E-state index contributed by atoms with van der Waals surface area (Å²) in [6.45, 7) is 4.51. The summed E-state index contributed by atoms with van der Waals surface area (Å²) < 4.78 is 0. The van der Waals surface area contributed by atoms with Gasteiger partial charge in [0, 0.05) is 10.1 Å². The van der Waals surface area contributed by atoms with E-state index in [4.69, 9.17) is 0 Å². The van der Waals surface area contributed by atoms with Gasteiger partial charge >= 0.3 is 0 Å². The van der Waals surface area contributed by atoms with E-state index >= 15 is 0 Å². The first-order valence-electron chi connectivity index (χ1n) is 5.45. The van der Waals surface area contributed by atoms with E-state index in [1.807, 2.05) is 11.8 Å². The maximum Gasteiger partial charge on any atom is 0.00810 e. The highest BCUT2D eigenvalue weighted by atomic mass is 32.2. The summed E-state index contributed by atoms with van der Waals surface area (Å²) in [5, 5.41) is 3.36. The van der Waals surface area contributed by atoms with Gasteiger partial charge in [0.1, 0.15) is 0 Å². The van der Waals surface area contributed by atoms with E-state index in [1.165, 1.54) is 22.1 Å². The fourth-order valence-corrected chi connectivity index (χ4v) is 2.53. The Labute approximate surface area is 95.7 Å². The Morgan fingerprint density at radius 1 is 1.07 bits per heavy atom. The van der Waals surface area contributed by atoms with Crippen molar-refractivity contribution in [3.63, 3.8) is 0 Å². The number of hydrogen-bond acceptors (Lipinski definition) is 1. The summed E-state index contributed by atoms with van der Waals surface area (Å²) in [5.41, 5.74) is 0. The van der Waals surface area contributed by atoms with Crippen LogP contribution in [0.5, 0.6) is 0 Å². The highest BCUT2D eigenvalue weighted by molar-refractivity contribution is 7.99. The predicted molar refractivity (Wildman–Crippen MR) is 69.6 cm³/mol. The van der Waals surface area contributed by atoms with Crippen LogP contribution in [0.2, 0.25) is 0 Å². The van der Waals surface area contributed by atoms with Crippen molar-refractivity contribution in [2.75, 3.05) is 0 Å². The molecule has 15 heavy (non-hydrogen) atoms. The Morgan fingerprint density at radius 3 is 2.53 bits per heavy atom. The molecule has 0 fully saturated rings. The minimum absolute atomic E-state index is 0.700. The topological polar surface area (TPSA) is 0 Å². The van der Waals surface area contributed by atoms with Crippen LogP contribution in [-0.2, 0) is 0 Å². The molecule has 0 nitrogen and oxygen atoms in total. The van der Waals surface area contributed by atoms with Crippen molar-refractivity contribution in [1.29, 1.82) is 0 Å². The molecular formula is C14H16S. The van der Waals surface area contributed by atoms with E-state index in [0.29, 0.717) is 5.25 Å². The van der Waals surface area contributed by atoms with Gasteiger partial charge in [0.2, 0.25) is 0 Å². The highest BCUT2D eigenvalue weighted by Gasteiger charge is 2.02. The summed E-state index contributed by atoms with van der Waals surface area (Å²) in [4.78, 5) is 1.38. The molecule has 0 bridgehead atoms. The van der Waals surface area contributed by atoms with E-state index in [-0.39, 0.29) is 0 Å². The van der Waals surface area contributed by atoms with Crippen LogP contribution in [0, 0.1) is 0 Å². The maximum atomic E-state index is 2.28. The van der Waals surface area contributed by atoms with Crippen molar-refractivity contribution in [1.82, 2.24) is 0 Å². The molecule has 2 rings (SSSR count). The summed E-state index contributed by atoms with van der Waals surface area (Å²) >= 11 is 1.96. The zero-order valence-corrected chi connectivity index (χ0v) is 10.1. The molecule has 0 N–H and O–H groups in total. The molecular weight excluding hydrogens is 200 g/mol. The van der Waals surface area contributed by atoms with Crippen LogP contribution in [0.25, 0.3) is 10.8 Å². The molecule has 0 spiro atoms. The second-order valence-electron chi connectivity index (χ2n) is 3.85. The van der Waals surface area contributed by atoms with Crippen LogP contribution < -0.4 is 0 Å². The summed E-state index contributed by atoms with van der Waals surface area (Å²) in [5.74, 6) is 0. The third kappa shape index (κ3) is 2.54. The molecule has 0 saturated heterocycles. The highest BCUT2D eigenvalue weighted by Crippen LogP contribution is 2.27. The molecule has 2 aromatic carbocycles. The van der Waals surface area contributed by atoms with Gasteiger partial charge in [-0.25, -0.2) is 0 Å². The van der Waals surface area contributed by atoms with Crippen LogP contribution in [0.4, 0.5) is 0 Å². The van der Waals surface area contributed by atoms with Gasteiger partial charge in [-0.05, 0) is 29.3 Å². The first-order chi connectivity index (χ1) is 7.29. The number of thioether (sulfide) groups is 1. The number of fused-ring (bicyclic) bond motifs is 1. The molecule has 2 aromatic rings. The molecule has 1 atom stereocenters. The van der Waals surface area contributed by atoms with Gasteiger partial charge in [-0.2, -0.15) is 0 Å². The van der Waals surface area contributed by atoms with E-state index < -0.39 is 0 Å². The third-order valence-corrected chi connectivity index (χ3v) is 3.89. The molecule has 0 saturated carbocycles. The molecule has 0 aliphatic heterocycles. The predicted octanol–water partition coefficient (Wildman–Crippen LogP) is 4.73. The van der Waals surface area contributed by atoms with Crippen LogP contribution >= 0.6 is 11.8 Å². The van der Waals surface area contributed by atoms with Crippen LogP contribution in [0.1, 0.15) is 20.3 Å². The van der Waals surface area contributed by atoms with Crippen molar-refractivity contribution in [3.05, 3.63) is 42.5 Å². The standard InChI is InChI=1S/C14H16S/c1-3-11(2)15-14-9-8-12-6-4-5-7-13(12)10-14/h4-11H,3H2,1-2H3. The Morgan fingerprint density at radius 2 is 1.80 bits per heavy atom. The zero-order valence-electron chi connectivity index (χ0n) is 9.23. The first-order valence-corrected chi connectivity index (χ1v) is 6.33. The minimum Gasteiger partial charge on any atom is -0.123 e. The fourth-order valence-electron chi connectivity index (χ4n) is 1.56. The van der Waals surface area contributed by atoms with E-state index in [9.17, 15) is 0 Å². The Bertz CT molecular complexity index is 448. The monoisotopic (exact) mass is 216 g/mol.